The topological polar surface area (TPSA) is 523 Å². The molecule has 18 N–H and O–H groups in total. The number of phenols is 11. The number of esters is 5. The summed E-state index contributed by atoms with van der Waals surface area (Å²) in [5.41, 5.74) is -11.1. The summed E-state index contributed by atoms with van der Waals surface area (Å²) in [6, 6.07) is 2.17. The van der Waals surface area contributed by atoms with E-state index in [1.807, 2.05) is 0 Å². The summed E-state index contributed by atoms with van der Waals surface area (Å²) in [7, 11) is 0. The van der Waals surface area contributed by atoms with Gasteiger partial charge in [-0.1, -0.05) is 0 Å². The molecule has 4 fully saturated rings. The largest absolute Gasteiger partial charge is 0.504 e. The van der Waals surface area contributed by atoms with Crippen molar-refractivity contribution in [2.24, 2.45) is 17.3 Å². The molecule has 2 saturated heterocycles. The number of hydrogen-bond donors (Lipinski definition) is 18. The predicted octanol–water partition coefficient (Wildman–Crippen LogP) is -2.82. The number of aliphatic hydroxyl groups excluding tert-OH is 1. The van der Waals surface area contributed by atoms with Crippen LogP contribution in [0.5, 0.6) is 69.0 Å². The highest BCUT2D eigenvalue weighted by Crippen LogP contribution is 2.73. The van der Waals surface area contributed by atoms with Crippen LogP contribution in [0, 0.1) is 17.3 Å². The molecule has 1 spiro atoms. The lowest BCUT2D eigenvalue weighted by Crippen LogP contribution is -2.83. The lowest BCUT2D eigenvalue weighted by Gasteiger charge is -2.63. The summed E-state index contributed by atoms with van der Waals surface area (Å²) in [5, 5.41) is 202. The predicted molar refractivity (Wildman–Crippen MR) is 234 cm³/mol. The van der Waals surface area contributed by atoms with Crippen LogP contribution in [0.4, 0.5) is 0 Å². The molecule has 4 aromatic rings. The molecule has 0 amide bonds. The second kappa shape index (κ2) is 16.5. The first-order chi connectivity index (χ1) is 36.4. The smallest absolute Gasteiger partial charge is 0.340 e. The minimum absolute atomic E-state index is 0.328. The number of rotatable bonds is 2. The summed E-state index contributed by atoms with van der Waals surface area (Å²) in [6.07, 6.45) is -17.5. The van der Waals surface area contributed by atoms with Crippen molar-refractivity contribution in [2.75, 3.05) is 13.2 Å². The average Bonchev–Trinajstić information content (AvgIpc) is 3.63. The number of hydrogen-bond acceptors (Lipinski definition) is 31. The van der Waals surface area contributed by atoms with Gasteiger partial charge in [0.15, 0.2) is 69.7 Å². The summed E-state index contributed by atoms with van der Waals surface area (Å²) in [5.74, 6) is -48.3. The van der Waals surface area contributed by atoms with E-state index in [2.05, 4.69) is 0 Å². The van der Waals surface area contributed by atoms with Gasteiger partial charge in [0.1, 0.15) is 12.7 Å². The number of fused-ring (bicyclic) bond motifs is 4. The molecule has 0 aromatic heterocycles. The van der Waals surface area contributed by atoms with E-state index < -0.39 is 247 Å². The SMILES string of the molecule is O=C(O[C@@H]1O[C@@H]2COC(=O)c3cc(O)c(O)c(O)c3-c3c(cc(O)c(O)c3O)C(=O)O[C@@H]3[C@H]1OC(=O)c1cc(O)c(O)c4c1C1C5(C[C@]6(O)OC[C@@H](O)[C@@H]6C[C@@H]5C(O)(O)C(O)(O)[C@]1(O)O4)C(=O)O[C@@H]32)c1cc(O)c(O)c(O)c1. The van der Waals surface area contributed by atoms with Gasteiger partial charge in [0, 0.05) is 34.9 Å². The molecular formula is C47H40O31. The molecule has 5 heterocycles. The van der Waals surface area contributed by atoms with Crippen LogP contribution >= 0.6 is 0 Å². The fourth-order valence-electron chi connectivity index (χ4n) is 11.8. The highest BCUT2D eigenvalue weighted by molar-refractivity contribution is 6.08. The van der Waals surface area contributed by atoms with Crippen LogP contribution in [0.1, 0.15) is 65.8 Å². The zero-order valence-electron chi connectivity index (χ0n) is 38.8. The third-order valence-corrected chi connectivity index (χ3v) is 15.5. The van der Waals surface area contributed by atoms with Crippen LogP contribution in [-0.4, -0.2) is 195 Å². The van der Waals surface area contributed by atoms with Crippen molar-refractivity contribution in [3.05, 3.63) is 58.1 Å². The first-order valence-corrected chi connectivity index (χ1v) is 22.8. The lowest BCUT2D eigenvalue weighted by atomic mass is 9.45. The first-order valence-electron chi connectivity index (χ1n) is 22.8. The quantitative estimate of drug-likeness (QED) is 0.0416. The van der Waals surface area contributed by atoms with Gasteiger partial charge < -0.3 is 130 Å². The molecule has 7 aliphatic rings. The van der Waals surface area contributed by atoms with Gasteiger partial charge in [-0.3, -0.25) is 4.79 Å². The standard InChI is InChI=1S/C47H40O31/c48-15-1-10(2-16(49)26(15)54)37(60)77-41-35-34-32(21(73-41)8-71-38(61)11-3-17(50)27(55)30(58)23(11)24-12(39(62)74-34)4-18(51)28(56)31(24)59)76-42(64)43-9-44(65)14(20(53)7-72-44)6-22(43)45(66,67)47(69,70)46(68)36(43)25-13(40(63)75-35)5-19(52)29(57)33(25)78-46/h1-5,14,20-22,32,34-36,41,48-59,65-70H,6-9H2/t14-,20+,21+,22-,32+,34-,35+,36?,41-,43?,44-,46+/m0/s1. The maximum absolute atomic E-state index is 16.0. The van der Waals surface area contributed by atoms with Crippen LogP contribution in [0.3, 0.4) is 0 Å². The normalized spacial score (nSPS) is 32.9. The zero-order valence-corrected chi connectivity index (χ0v) is 38.8. The number of phenolic OH excluding ortho intramolecular Hbond substituents is 11. The Morgan fingerprint density at radius 3 is 1.76 bits per heavy atom. The molecule has 12 atom stereocenters. The number of cyclic esters (lactones) is 1. The molecule has 2 saturated carbocycles. The summed E-state index contributed by atoms with van der Waals surface area (Å²) < 4.78 is 45.9. The van der Waals surface area contributed by atoms with Gasteiger partial charge >= 0.3 is 29.8 Å². The number of aromatic hydroxyl groups is 11. The van der Waals surface area contributed by atoms with Gasteiger partial charge in [0.2, 0.25) is 35.4 Å². The van der Waals surface area contributed by atoms with E-state index >= 15 is 9.59 Å². The van der Waals surface area contributed by atoms with Gasteiger partial charge in [-0.15, -0.1) is 0 Å². The Hall–Kier alpha value is -8.53. The second-order valence-corrected chi connectivity index (χ2v) is 19.6. The number of aliphatic hydroxyl groups is 7. The van der Waals surface area contributed by atoms with Crippen LogP contribution in [0.2, 0.25) is 0 Å². The second-order valence-electron chi connectivity index (χ2n) is 19.6. The summed E-state index contributed by atoms with van der Waals surface area (Å²) >= 11 is 0. The summed E-state index contributed by atoms with van der Waals surface area (Å²) in [6.45, 7) is -2.18. The highest BCUT2D eigenvalue weighted by Gasteiger charge is 2.87. The van der Waals surface area contributed by atoms with Gasteiger partial charge in [-0.25, -0.2) is 19.2 Å². The van der Waals surface area contributed by atoms with E-state index in [1.54, 1.807) is 0 Å². The van der Waals surface area contributed by atoms with Crippen LogP contribution < -0.4 is 4.74 Å². The van der Waals surface area contributed by atoms with E-state index in [0.29, 0.717) is 30.3 Å². The Balaban J connectivity index is 1.19. The third-order valence-electron chi connectivity index (χ3n) is 15.5. The fourth-order valence-corrected chi connectivity index (χ4v) is 11.8. The van der Waals surface area contributed by atoms with Crippen LogP contribution in [0.15, 0.2) is 30.3 Å². The van der Waals surface area contributed by atoms with E-state index in [1.165, 1.54) is 0 Å². The van der Waals surface area contributed by atoms with Gasteiger partial charge in [-0.05, 0) is 36.8 Å². The zero-order chi connectivity index (χ0) is 56.6. The molecule has 4 aromatic carbocycles. The molecular weight excluding hydrogens is 1060 g/mol. The summed E-state index contributed by atoms with van der Waals surface area (Å²) in [4.78, 5) is 74.5. The van der Waals surface area contributed by atoms with Crippen molar-refractivity contribution in [1.29, 1.82) is 0 Å². The molecule has 2 aliphatic carbocycles. The van der Waals surface area contributed by atoms with Gasteiger partial charge in [0.05, 0.1) is 46.3 Å². The Bertz CT molecular complexity index is 3350. The molecule has 78 heavy (non-hydrogen) atoms. The van der Waals surface area contributed by atoms with E-state index in [0.717, 1.165) is 0 Å². The molecule has 414 valence electrons. The van der Waals surface area contributed by atoms with Crippen molar-refractivity contribution < 1.29 is 154 Å². The number of carbonyl (C=O) groups excluding carboxylic acids is 5. The van der Waals surface area contributed by atoms with Crippen molar-refractivity contribution >= 4 is 29.8 Å². The van der Waals surface area contributed by atoms with E-state index in [4.69, 9.17) is 37.9 Å². The third kappa shape index (κ3) is 6.67. The average molecular weight is 1100 g/mol. The molecule has 5 aliphatic heterocycles. The Labute approximate surface area is 430 Å². The Kier molecular flexibility index (Phi) is 10.9. The molecule has 2 unspecified atom stereocenters. The number of benzene rings is 4. The number of carbonyl (C=O) groups is 5. The molecule has 31 heteroatoms. The lowest BCUT2D eigenvalue weighted by molar-refractivity contribution is -0.495. The van der Waals surface area contributed by atoms with Crippen molar-refractivity contribution in [1.82, 2.24) is 0 Å². The Morgan fingerprint density at radius 2 is 1.14 bits per heavy atom. The van der Waals surface area contributed by atoms with E-state index in [-0.39, 0.29) is 0 Å². The first kappa shape index (κ1) is 51.6. The van der Waals surface area contributed by atoms with Gasteiger partial charge in [0.25, 0.3) is 11.6 Å². The van der Waals surface area contributed by atoms with Crippen LogP contribution in [-0.2, 0) is 38.0 Å². The minimum Gasteiger partial charge on any atom is -0.504 e. The van der Waals surface area contributed by atoms with E-state index in [9.17, 15) is 106 Å². The number of ether oxygens (including phenoxy) is 8. The van der Waals surface area contributed by atoms with Gasteiger partial charge in [-0.2, -0.15) is 0 Å². The molecule has 11 rings (SSSR count). The highest BCUT2D eigenvalue weighted by atomic mass is 16.8. The molecule has 31 nitrogen and oxygen atoms in total. The monoisotopic (exact) mass is 1100 g/mol. The van der Waals surface area contributed by atoms with Crippen LogP contribution in [0.25, 0.3) is 11.1 Å². The molecule has 0 radical (unpaired) electrons. The maximum atomic E-state index is 16.0. The van der Waals surface area contributed by atoms with Crippen molar-refractivity contribution in [2.45, 2.75) is 78.7 Å². The Morgan fingerprint density at radius 1 is 0.603 bits per heavy atom. The molecule has 4 bridgehead atoms. The fraction of sp³-hybridized carbons (Fsp3) is 0.383. The van der Waals surface area contributed by atoms with Crippen molar-refractivity contribution in [3.63, 3.8) is 0 Å². The maximum Gasteiger partial charge on any atom is 0.340 e. The minimum atomic E-state index is -4.51. The van der Waals surface area contributed by atoms with Crippen molar-refractivity contribution in [3.8, 4) is 80.1 Å².